The molecule has 0 fully saturated rings. The molecule has 0 aromatic heterocycles. The van der Waals surface area contributed by atoms with Gasteiger partial charge in [0.15, 0.2) is 17.3 Å². The number of rotatable bonds is 10. The van der Waals surface area contributed by atoms with E-state index in [9.17, 15) is 4.79 Å². The summed E-state index contributed by atoms with van der Waals surface area (Å²) in [6.45, 7) is 2.02. The minimum absolute atomic E-state index is 0.0958. The molecule has 5 nitrogen and oxygen atoms in total. The Labute approximate surface area is 207 Å². The molecule has 174 valence electrons. The molecule has 2 aromatic rings. The van der Waals surface area contributed by atoms with Gasteiger partial charge in [0, 0.05) is 20.4 Å². The molecule has 0 aliphatic heterocycles. The second-order valence-corrected chi connectivity index (χ2v) is 10.2. The molecule has 1 unspecified atom stereocenters. The molecular weight excluding hydrogens is 536 g/mol. The summed E-state index contributed by atoms with van der Waals surface area (Å²) < 4.78 is 12.6. The molecule has 1 aliphatic carbocycles. The number of halogens is 2. The van der Waals surface area contributed by atoms with Gasteiger partial charge in [0.25, 0.3) is 0 Å². The monoisotopic (exact) mass is 566 g/mol. The maximum absolute atomic E-state index is 13.0. The number of ketones is 1. The maximum Gasteiger partial charge on any atom is 0.166 e. The normalized spacial score (nSPS) is 15.7. The van der Waals surface area contributed by atoms with E-state index in [2.05, 4.69) is 55.9 Å². The van der Waals surface area contributed by atoms with Gasteiger partial charge < -0.3 is 20.1 Å². The summed E-state index contributed by atoms with van der Waals surface area (Å²) in [6.07, 6.45) is 5.85. The van der Waals surface area contributed by atoms with Crippen molar-refractivity contribution in [3.05, 3.63) is 49.9 Å². The number of methoxy groups -OCH3 is 2. The van der Waals surface area contributed by atoms with E-state index in [0.717, 1.165) is 77.4 Å². The number of nitrogen functional groups attached to an aromatic ring is 1. The van der Waals surface area contributed by atoms with Crippen molar-refractivity contribution in [3.8, 4) is 11.5 Å². The van der Waals surface area contributed by atoms with Crippen LogP contribution in [0.15, 0.2) is 33.2 Å². The van der Waals surface area contributed by atoms with E-state index in [0.29, 0.717) is 11.5 Å². The number of Topliss-reactive ketones (excluding diaryl/α,β-unsaturated/α-hetero) is 1. The molecule has 0 saturated heterocycles. The van der Waals surface area contributed by atoms with Crippen molar-refractivity contribution >= 4 is 43.3 Å². The fourth-order valence-electron chi connectivity index (χ4n) is 4.37. The van der Waals surface area contributed by atoms with Gasteiger partial charge in [0.05, 0.1) is 19.9 Å². The van der Waals surface area contributed by atoms with Gasteiger partial charge in [-0.2, -0.15) is 0 Å². The molecule has 32 heavy (non-hydrogen) atoms. The number of aryl methyl sites for hydroxylation is 2. The Bertz CT molecular complexity index is 941. The van der Waals surface area contributed by atoms with Crippen LogP contribution in [-0.2, 0) is 12.8 Å². The fourth-order valence-corrected chi connectivity index (χ4v) is 5.65. The van der Waals surface area contributed by atoms with Gasteiger partial charge in [-0.05, 0) is 126 Å². The van der Waals surface area contributed by atoms with E-state index in [1.165, 1.54) is 5.56 Å². The minimum Gasteiger partial charge on any atom is -0.493 e. The Morgan fingerprint density at radius 1 is 1.03 bits per heavy atom. The largest absolute Gasteiger partial charge is 0.493 e. The van der Waals surface area contributed by atoms with Crippen molar-refractivity contribution in [3.63, 3.8) is 0 Å². The van der Waals surface area contributed by atoms with Crippen LogP contribution in [0, 0.1) is 5.92 Å². The summed E-state index contributed by atoms with van der Waals surface area (Å²) in [7, 11) is 5.39. The van der Waals surface area contributed by atoms with E-state index in [4.69, 9.17) is 15.2 Å². The van der Waals surface area contributed by atoms with Crippen molar-refractivity contribution in [1.82, 2.24) is 4.90 Å². The van der Waals surface area contributed by atoms with E-state index in [1.54, 1.807) is 14.2 Å². The van der Waals surface area contributed by atoms with Crippen LogP contribution in [0.25, 0.3) is 0 Å². The van der Waals surface area contributed by atoms with Crippen LogP contribution in [0.4, 0.5) is 5.69 Å². The van der Waals surface area contributed by atoms with E-state index < -0.39 is 0 Å². The topological polar surface area (TPSA) is 64.8 Å². The first kappa shape index (κ1) is 25.1. The molecule has 2 aromatic carbocycles. The Hall–Kier alpha value is -1.57. The van der Waals surface area contributed by atoms with Crippen LogP contribution in [0.3, 0.4) is 0 Å². The summed E-state index contributed by atoms with van der Waals surface area (Å²) in [5.74, 6) is 1.66. The third kappa shape index (κ3) is 6.06. The zero-order valence-corrected chi connectivity index (χ0v) is 22.2. The predicted molar refractivity (Wildman–Crippen MR) is 137 cm³/mol. The zero-order valence-electron chi connectivity index (χ0n) is 19.0. The van der Waals surface area contributed by atoms with Crippen molar-refractivity contribution in [2.24, 2.45) is 5.92 Å². The lowest BCUT2D eigenvalue weighted by molar-refractivity contribution is 0.0890. The van der Waals surface area contributed by atoms with Crippen LogP contribution in [-0.4, -0.2) is 45.0 Å². The van der Waals surface area contributed by atoms with Crippen molar-refractivity contribution in [1.29, 1.82) is 0 Å². The molecule has 1 atom stereocenters. The Kier molecular flexibility index (Phi) is 9.03. The fraction of sp³-hybridized carbons (Fsp3) is 0.480. The standard InChI is InChI=1S/C25H32Br2N2O3/c1-29(10-4-6-16-12-20(26)24(28)21(27)13-16)11-5-7-17-8-9-18-14-22(31-2)23(32-3)15-19(18)25(17)30/h12-15,17H,4-11,28H2,1-3H3. The van der Waals surface area contributed by atoms with Crippen LogP contribution >= 0.6 is 31.9 Å². The molecule has 1 aliphatic rings. The third-order valence-electron chi connectivity index (χ3n) is 6.24. The highest BCUT2D eigenvalue weighted by molar-refractivity contribution is 9.11. The highest BCUT2D eigenvalue weighted by Gasteiger charge is 2.28. The third-order valence-corrected chi connectivity index (χ3v) is 7.56. The van der Waals surface area contributed by atoms with Crippen molar-refractivity contribution < 1.29 is 14.3 Å². The van der Waals surface area contributed by atoms with Gasteiger partial charge in [-0.25, -0.2) is 0 Å². The second-order valence-electron chi connectivity index (χ2n) is 8.49. The van der Waals surface area contributed by atoms with E-state index >= 15 is 0 Å². The highest BCUT2D eigenvalue weighted by Crippen LogP contribution is 2.36. The summed E-state index contributed by atoms with van der Waals surface area (Å²) >= 11 is 7.03. The smallest absolute Gasteiger partial charge is 0.166 e. The number of nitrogens with two attached hydrogens (primary N) is 1. The Morgan fingerprint density at radius 3 is 2.31 bits per heavy atom. The summed E-state index contributed by atoms with van der Waals surface area (Å²) in [5.41, 5.74) is 9.85. The maximum atomic E-state index is 13.0. The molecule has 3 rings (SSSR count). The highest BCUT2D eigenvalue weighted by atomic mass is 79.9. The lowest BCUT2D eigenvalue weighted by atomic mass is 9.80. The number of anilines is 1. The van der Waals surface area contributed by atoms with Crippen molar-refractivity contribution in [2.75, 3.05) is 40.1 Å². The molecule has 0 amide bonds. The van der Waals surface area contributed by atoms with Crippen LogP contribution in [0.2, 0.25) is 0 Å². The molecule has 0 saturated carbocycles. The average Bonchev–Trinajstić information content (AvgIpc) is 2.78. The van der Waals surface area contributed by atoms with Gasteiger partial charge in [-0.3, -0.25) is 4.79 Å². The minimum atomic E-state index is 0.0958. The van der Waals surface area contributed by atoms with Gasteiger partial charge in [-0.15, -0.1) is 0 Å². The van der Waals surface area contributed by atoms with E-state index in [1.807, 2.05) is 12.1 Å². The number of fused-ring (bicyclic) bond motifs is 1. The van der Waals surface area contributed by atoms with Crippen LogP contribution < -0.4 is 15.2 Å². The molecule has 0 bridgehead atoms. The Morgan fingerprint density at radius 2 is 1.66 bits per heavy atom. The van der Waals surface area contributed by atoms with E-state index in [-0.39, 0.29) is 11.7 Å². The number of benzene rings is 2. The van der Waals surface area contributed by atoms with Crippen molar-refractivity contribution in [2.45, 2.75) is 38.5 Å². The number of hydrogen-bond donors (Lipinski definition) is 1. The number of hydrogen-bond acceptors (Lipinski definition) is 5. The molecule has 0 radical (unpaired) electrons. The quantitative estimate of drug-likeness (QED) is 0.362. The molecule has 0 heterocycles. The average molecular weight is 568 g/mol. The summed E-state index contributed by atoms with van der Waals surface area (Å²) in [4.78, 5) is 15.4. The summed E-state index contributed by atoms with van der Waals surface area (Å²) in [5, 5.41) is 0. The SMILES string of the molecule is COc1cc2c(cc1OC)C(=O)C(CCCN(C)CCCc1cc(Br)c(N)c(Br)c1)CC2. The molecule has 7 heteroatoms. The lowest BCUT2D eigenvalue weighted by Gasteiger charge is -2.25. The number of ether oxygens (including phenoxy) is 2. The first-order valence-electron chi connectivity index (χ1n) is 11.0. The zero-order chi connectivity index (χ0) is 23.3. The number of nitrogens with zero attached hydrogens (tertiary/aromatic N) is 1. The van der Waals surface area contributed by atoms with Crippen LogP contribution in [0.5, 0.6) is 11.5 Å². The van der Waals surface area contributed by atoms with Gasteiger partial charge >= 0.3 is 0 Å². The molecular formula is C25H32Br2N2O3. The molecule has 0 spiro atoms. The lowest BCUT2D eigenvalue weighted by Crippen LogP contribution is -2.26. The first-order chi connectivity index (χ1) is 15.3. The predicted octanol–water partition coefficient (Wildman–Crippen LogP) is 5.90. The number of carbonyl (C=O) groups excluding carboxylic acids is 1. The number of carbonyl (C=O) groups is 1. The van der Waals surface area contributed by atoms with Gasteiger partial charge in [0.2, 0.25) is 0 Å². The molecule has 2 N–H and O–H groups in total. The van der Waals surface area contributed by atoms with Crippen LogP contribution in [0.1, 0.15) is 47.2 Å². The summed E-state index contributed by atoms with van der Waals surface area (Å²) in [6, 6.07) is 7.99. The second kappa shape index (κ2) is 11.5. The Balaban J connectivity index is 1.45. The van der Waals surface area contributed by atoms with Gasteiger partial charge in [-0.1, -0.05) is 0 Å². The van der Waals surface area contributed by atoms with Gasteiger partial charge in [0.1, 0.15) is 0 Å². The first-order valence-corrected chi connectivity index (χ1v) is 12.6.